The summed E-state index contributed by atoms with van der Waals surface area (Å²) in [6.07, 6.45) is 4.12. The van der Waals surface area contributed by atoms with Crippen molar-refractivity contribution in [1.82, 2.24) is 4.57 Å². The molecule has 6 heteroatoms. The zero-order valence-electron chi connectivity index (χ0n) is 15.0. The first-order valence-corrected chi connectivity index (χ1v) is 9.70. The fourth-order valence-corrected chi connectivity index (χ4v) is 3.87. The van der Waals surface area contributed by atoms with Gasteiger partial charge < -0.3 is 5.32 Å². The fourth-order valence-electron chi connectivity index (χ4n) is 3.57. The van der Waals surface area contributed by atoms with Crippen LogP contribution in [0.15, 0.2) is 48.7 Å². The molecule has 27 heavy (non-hydrogen) atoms. The molecule has 1 aliphatic heterocycles. The van der Waals surface area contributed by atoms with Gasteiger partial charge in [0.25, 0.3) is 11.7 Å². The second-order valence-corrected chi connectivity index (χ2v) is 7.70. The number of benzene rings is 2. The average molecular weight is 401 g/mol. The van der Waals surface area contributed by atoms with E-state index in [1.165, 1.54) is 5.82 Å². The molecular formula is C21H20Cl2N3O+. The van der Waals surface area contributed by atoms with E-state index in [4.69, 9.17) is 23.2 Å². The van der Waals surface area contributed by atoms with Gasteiger partial charge in [-0.05, 0) is 55.3 Å². The summed E-state index contributed by atoms with van der Waals surface area (Å²) in [5.41, 5.74) is 3.96. The van der Waals surface area contributed by atoms with Crippen LogP contribution in [0.2, 0.25) is 10.0 Å². The summed E-state index contributed by atoms with van der Waals surface area (Å²) in [5.74, 6) is 1.12. The van der Waals surface area contributed by atoms with Crippen molar-refractivity contribution in [2.24, 2.45) is 0 Å². The van der Waals surface area contributed by atoms with Gasteiger partial charge in [-0.25, -0.2) is 9.13 Å². The lowest BCUT2D eigenvalue weighted by Gasteiger charge is -2.08. The number of hydrogen-bond acceptors (Lipinski definition) is 1. The summed E-state index contributed by atoms with van der Waals surface area (Å²) in [6, 6.07) is 13.3. The highest BCUT2D eigenvalue weighted by Gasteiger charge is 2.29. The summed E-state index contributed by atoms with van der Waals surface area (Å²) in [6.45, 7) is 3.19. The summed E-state index contributed by atoms with van der Waals surface area (Å²) < 4.78 is 4.34. The molecule has 0 unspecified atom stereocenters. The Bertz CT molecular complexity index is 1010. The quantitative estimate of drug-likeness (QED) is 0.636. The summed E-state index contributed by atoms with van der Waals surface area (Å²) >= 11 is 12.1. The summed E-state index contributed by atoms with van der Waals surface area (Å²) in [5, 5.41) is 4.30. The van der Waals surface area contributed by atoms with E-state index in [0.29, 0.717) is 5.02 Å². The Balaban J connectivity index is 1.59. The molecule has 1 N–H and O–H groups in total. The number of aromatic nitrogens is 2. The molecule has 0 fully saturated rings. The molecule has 138 valence electrons. The van der Waals surface area contributed by atoms with Gasteiger partial charge in [0.05, 0.1) is 13.0 Å². The first-order chi connectivity index (χ1) is 13.0. The van der Waals surface area contributed by atoms with Crippen molar-refractivity contribution in [1.29, 1.82) is 0 Å². The maximum absolute atomic E-state index is 12.6. The van der Waals surface area contributed by atoms with Crippen molar-refractivity contribution < 1.29 is 9.36 Å². The standard InChI is InChI=1S/C21H19Cl2N3O/c1-14-4-7-17(23)11-18(14)24-20(27)13-25-12-19(26-10-2-3-21(25)26)15-5-8-16(22)9-6-15/h4-9,11-12H,2-3,10,13H2,1H3/p+1. The van der Waals surface area contributed by atoms with E-state index in [1.807, 2.05) is 47.9 Å². The van der Waals surface area contributed by atoms with Crippen LogP contribution >= 0.6 is 23.2 Å². The van der Waals surface area contributed by atoms with Gasteiger partial charge in [0.1, 0.15) is 6.20 Å². The number of carbonyl (C=O) groups is 1. The van der Waals surface area contributed by atoms with Crippen LogP contribution in [0.5, 0.6) is 0 Å². The van der Waals surface area contributed by atoms with E-state index in [2.05, 4.69) is 16.1 Å². The van der Waals surface area contributed by atoms with E-state index in [-0.39, 0.29) is 12.5 Å². The van der Waals surface area contributed by atoms with E-state index >= 15 is 0 Å². The van der Waals surface area contributed by atoms with E-state index < -0.39 is 0 Å². The lowest BCUT2D eigenvalue weighted by Crippen LogP contribution is -2.42. The van der Waals surface area contributed by atoms with E-state index in [0.717, 1.165) is 46.9 Å². The van der Waals surface area contributed by atoms with Gasteiger partial charge in [-0.15, -0.1) is 0 Å². The van der Waals surface area contributed by atoms with Crippen molar-refractivity contribution in [2.75, 3.05) is 5.32 Å². The number of imidazole rings is 1. The SMILES string of the molecule is Cc1ccc(Cl)cc1NC(=O)C[n+]1cc(-c2ccc(Cl)cc2)n2c1CCC2. The number of rotatable bonds is 4. The molecule has 4 nitrogen and oxygen atoms in total. The topological polar surface area (TPSA) is 37.9 Å². The van der Waals surface area contributed by atoms with Gasteiger partial charge in [0.2, 0.25) is 0 Å². The first-order valence-electron chi connectivity index (χ1n) is 8.95. The molecule has 1 aliphatic rings. The minimum atomic E-state index is -0.0617. The van der Waals surface area contributed by atoms with Gasteiger partial charge in [0.15, 0.2) is 12.2 Å². The van der Waals surface area contributed by atoms with Crippen LogP contribution in [-0.2, 0) is 24.3 Å². The Hall–Kier alpha value is -2.30. The highest BCUT2D eigenvalue weighted by Crippen LogP contribution is 2.26. The van der Waals surface area contributed by atoms with Crippen molar-refractivity contribution in [2.45, 2.75) is 32.9 Å². The largest absolute Gasteiger partial charge is 0.322 e. The Labute approximate surface area is 168 Å². The normalized spacial score (nSPS) is 12.9. The predicted octanol–water partition coefficient (Wildman–Crippen LogP) is 4.64. The molecule has 4 rings (SSSR count). The molecule has 0 saturated heterocycles. The van der Waals surface area contributed by atoms with Crippen LogP contribution in [0.1, 0.15) is 17.8 Å². The molecule has 0 radical (unpaired) electrons. The van der Waals surface area contributed by atoms with E-state index in [9.17, 15) is 4.79 Å². The van der Waals surface area contributed by atoms with Gasteiger partial charge in [0, 0.05) is 21.3 Å². The van der Waals surface area contributed by atoms with Crippen LogP contribution in [0.25, 0.3) is 11.3 Å². The number of halogens is 2. The molecule has 3 aromatic rings. The molecule has 2 aromatic carbocycles. The third-order valence-electron chi connectivity index (χ3n) is 4.92. The van der Waals surface area contributed by atoms with Crippen LogP contribution in [0.4, 0.5) is 5.69 Å². The fraction of sp³-hybridized carbons (Fsp3) is 0.238. The number of amides is 1. The molecule has 1 amide bonds. The molecule has 0 atom stereocenters. The van der Waals surface area contributed by atoms with Gasteiger partial charge in [-0.3, -0.25) is 4.79 Å². The first kappa shape index (κ1) is 18.1. The zero-order valence-corrected chi connectivity index (χ0v) is 16.5. The van der Waals surface area contributed by atoms with Crippen LogP contribution in [0, 0.1) is 6.92 Å². The Kier molecular flexibility index (Phi) is 4.94. The summed E-state index contributed by atoms with van der Waals surface area (Å²) in [7, 11) is 0. The van der Waals surface area contributed by atoms with Gasteiger partial charge in [-0.1, -0.05) is 29.3 Å². The molecule has 0 saturated carbocycles. The molecule has 0 aliphatic carbocycles. The lowest BCUT2D eigenvalue weighted by molar-refractivity contribution is -0.690. The maximum atomic E-state index is 12.6. The number of hydrogen-bond donors (Lipinski definition) is 1. The van der Waals surface area contributed by atoms with E-state index in [1.54, 1.807) is 6.07 Å². The zero-order chi connectivity index (χ0) is 19.0. The van der Waals surface area contributed by atoms with Crippen LogP contribution < -0.4 is 9.88 Å². The number of anilines is 1. The highest BCUT2D eigenvalue weighted by atomic mass is 35.5. The second-order valence-electron chi connectivity index (χ2n) is 6.83. The predicted molar refractivity (Wildman–Crippen MR) is 108 cm³/mol. The van der Waals surface area contributed by atoms with Crippen molar-refractivity contribution in [3.05, 3.63) is 70.1 Å². The molecule has 1 aromatic heterocycles. The summed E-state index contributed by atoms with van der Waals surface area (Å²) in [4.78, 5) is 12.6. The number of nitrogens with zero attached hydrogens (tertiary/aromatic N) is 2. The number of nitrogens with one attached hydrogen (secondary N) is 1. The Morgan fingerprint density at radius 1 is 1.15 bits per heavy atom. The molecule has 2 heterocycles. The highest BCUT2D eigenvalue weighted by molar-refractivity contribution is 6.31. The van der Waals surface area contributed by atoms with Crippen molar-refractivity contribution >= 4 is 34.8 Å². The van der Waals surface area contributed by atoms with Gasteiger partial charge in [-0.2, -0.15) is 0 Å². The molecular weight excluding hydrogens is 381 g/mol. The Morgan fingerprint density at radius 3 is 2.67 bits per heavy atom. The van der Waals surface area contributed by atoms with Crippen LogP contribution in [-0.4, -0.2) is 10.5 Å². The van der Waals surface area contributed by atoms with Crippen molar-refractivity contribution in [3.63, 3.8) is 0 Å². The lowest BCUT2D eigenvalue weighted by atomic mass is 10.1. The Morgan fingerprint density at radius 2 is 1.89 bits per heavy atom. The maximum Gasteiger partial charge on any atom is 0.266 e. The smallest absolute Gasteiger partial charge is 0.266 e. The van der Waals surface area contributed by atoms with Gasteiger partial charge >= 0.3 is 0 Å². The molecule has 0 spiro atoms. The second kappa shape index (κ2) is 7.37. The molecule has 0 bridgehead atoms. The minimum absolute atomic E-state index is 0.0617. The third kappa shape index (κ3) is 3.73. The number of aryl methyl sites for hydroxylation is 1. The average Bonchev–Trinajstić information content (AvgIpc) is 3.23. The van der Waals surface area contributed by atoms with Crippen molar-refractivity contribution in [3.8, 4) is 11.3 Å². The van der Waals surface area contributed by atoms with Crippen LogP contribution in [0.3, 0.4) is 0 Å². The number of carbonyl (C=O) groups excluding carboxylic acids is 1. The minimum Gasteiger partial charge on any atom is -0.322 e. The monoisotopic (exact) mass is 400 g/mol. The third-order valence-corrected chi connectivity index (χ3v) is 5.41. The number of fused-ring (bicyclic) bond motifs is 1.